The molecule has 0 aliphatic heterocycles. The first-order valence-corrected chi connectivity index (χ1v) is 4.77. The standard InChI is InChI=1S/C10H9ClN2O/c1-2-6-5-7-3-4-8(11)12-9(7)13-10(6)14/h3-5H,2H2,1H3,(H,12,13,14). The van der Waals surface area contributed by atoms with E-state index in [-0.39, 0.29) is 5.56 Å². The monoisotopic (exact) mass is 208 g/mol. The molecule has 14 heavy (non-hydrogen) atoms. The lowest BCUT2D eigenvalue weighted by Crippen LogP contribution is -2.11. The Morgan fingerprint density at radius 3 is 3.00 bits per heavy atom. The van der Waals surface area contributed by atoms with Gasteiger partial charge in [-0.05, 0) is 24.6 Å². The molecular formula is C10H9ClN2O. The highest BCUT2D eigenvalue weighted by molar-refractivity contribution is 6.29. The van der Waals surface area contributed by atoms with Crippen LogP contribution < -0.4 is 5.56 Å². The van der Waals surface area contributed by atoms with Crippen molar-refractivity contribution in [1.82, 2.24) is 9.97 Å². The molecule has 2 aromatic rings. The van der Waals surface area contributed by atoms with Gasteiger partial charge in [-0.15, -0.1) is 0 Å². The fourth-order valence-corrected chi connectivity index (χ4v) is 1.51. The van der Waals surface area contributed by atoms with Crippen LogP contribution in [0.5, 0.6) is 0 Å². The van der Waals surface area contributed by atoms with Crippen LogP contribution in [-0.4, -0.2) is 9.97 Å². The number of rotatable bonds is 1. The number of pyridine rings is 2. The first kappa shape index (κ1) is 9.21. The van der Waals surface area contributed by atoms with Gasteiger partial charge in [0.15, 0.2) is 0 Å². The number of aromatic amines is 1. The van der Waals surface area contributed by atoms with Gasteiger partial charge in [-0.1, -0.05) is 18.5 Å². The van der Waals surface area contributed by atoms with Crippen LogP contribution in [0.1, 0.15) is 12.5 Å². The van der Waals surface area contributed by atoms with Crippen LogP contribution in [-0.2, 0) is 6.42 Å². The molecule has 0 aliphatic carbocycles. The molecule has 0 fully saturated rings. The number of halogens is 1. The van der Waals surface area contributed by atoms with Crippen molar-refractivity contribution in [3.63, 3.8) is 0 Å². The largest absolute Gasteiger partial charge is 0.306 e. The van der Waals surface area contributed by atoms with Crippen molar-refractivity contribution in [2.45, 2.75) is 13.3 Å². The van der Waals surface area contributed by atoms with E-state index in [4.69, 9.17) is 11.6 Å². The van der Waals surface area contributed by atoms with Gasteiger partial charge in [-0.3, -0.25) is 4.79 Å². The Balaban J connectivity index is 2.79. The molecule has 0 aliphatic rings. The zero-order valence-electron chi connectivity index (χ0n) is 7.67. The highest BCUT2D eigenvalue weighted by Crippen LogP contribution is 2.12. The number of aromatic nitrogens is 2. The summed E-state index contributed by atoms with van der Waals surface area (Å²) in [6.45, 7) is 1.94. The molecule has 0 spiro atoms. The minimum absolute atomic E-state index is 0.0882. The molecule has 0 bridgehead atoms. The second-order valence-electron chi connectivity index (χ2n) is 3.05. The summed E-state index contributed by atoms with van der Waals surface area (Å²) in [7, 11) is 0. The number of nitrogens with one attached hydrogen (secondary N) is 1. The molecule has 1 N–H and O–H groups in total. The van der Waals surface area contributed by atoms with Crippen LogP contribution in [0.2, 0.25) is 5.15 Å². The van der Waals surface area contributed by atoms with Gasteiger partial charge in [-0.2, -0.15) is 0 Å². The van der Waals surface area contributed by atoms with E-state index in [2.05, 4.69) is 9.97 Å². The average molecular weight is 209 g/mol. The van der Waals surface area contributed by atoms with Crippen LogP contribution in [0.15, 0.2) is 23.0 Å². The second-order valence-corrected chi connectivity index (χ2v) is 3.44. The molecule has 2 aromatic heterocycles. The van der Waals surface area contributed by atoms with Crippen molar-refractivity contribution in [2.24, 2.45) is 0 Å². The molecule has 4 heteroatoms. The molecule has 2 heterocycles. The van der Waals surface area contributed by atoms with E-state index in [0.29, 0.717) is 17.2 Å². The maximum absolute atomic E-state index is 11.4. The molecule has 0 atom stereocenters. The number of nitrogens with zero attached hydrogens (tertiary/aromatic N) is 1. The van der Waals surface area contributed by atoms with Crippen LogP contribution in [0, 0.1) is 0 Å². The number of hydrogen-bond donors (Lipinski definition) is 1. The van der Waals surface area contributed by atoms with E-state index < -0.39 is 0 Å². The van der Waals surface area contributed by atoms with Crippen LogP contribution in [0.3, 0.4) is 0 Å². The van der Waals surface area contributed by atoms with E-state index in [1.807, 2.05) is 19.1 Å². The zero-order valence-corrected chi connectivity index (χ0v) is 8.43. The van der Waals surface area contributed by atoms with E-state index >= 15 is 0 Å². The fourth-order valence-electron chi connectivity index (χ4n) is 1.37. The third kappa shape index (κ3) is 1.51. The van der Waals surface area contributed by atoms with Crippen molar-refractivity contribution in [3.05, 3.63) is 39.3 Å². The van der Waals surface area contributed by atoms with Gasteiger partial charge in [0.1, 0.15) is 10.8 Å². The molecule has 0 amide bonds. The van der Waals surface area contributed by atoms with Crippen molar-refractivity contribution < 1.29 is 0 Å². The predicted octanol–water partition coefficient (Wildman–Crippen LogP) is 2.14. The fraction of sp³-hybridized carbons (Fsp3) is 0.200. The summed E-state index contributed by atoms with van der Waals surface area (Å²) in [5.41, 5.74) is 1.22. The maximum Gasteiger partial charge on any atom is 0.252 e. The Bertz CT molecular complexity index is 533. The molecule has 3 nitrogen and oxygen atoms in total. The molecule has 0 aromatic carbocycles. The van der Waals surface area contributed by atoms with E-state index in [1.54, 1.807) is 6.07 Å². The quantitative estimate of drug-likeness (QED) is 0.730. The van der Waals surface area contributed by atoms with E-state index in [0.717, 1.165) is 10.9 Å². The smallest absolute Gasteiger partial charge is 0.252 e. The Morgan fingerprint density at radius 1 is 1.50 bits per heavy atom. The van der Waals surface area contributed by atoms with Crippen molar-refractivity contribution in [3.8, 4) is 0 Å². The first-order chi connectivity index (χ1) is 6.70. The van der Waals surface area contributed by atoms with Gasteiger partial charge in [0.25, 0.3) is 5.56 Å². The van der Waals surface area contributed by atoms with Gasteiger partial charge in [-0.25, -0.2) is 4.98 Å². The third-order valence-electron chi connectivity index (χ3n) is 2.13. The lowest BCUT2D eigenvalue weighted by molar-refractivity contribution is 1.07. The summed E-state index contributed by atoms with van der Waals surface area (Å²) in [6.07, 6.45) is 0.716. The second kappa shape index (κ2) is 3.42. The van der Waals surface area contributed by atoms with Gasteiger partial charge >= 0.3 is 0 Å². The first-order valence-electron chi connectivity index (χ1n) is 4.39. The number of aryl methyl sites for hydroxylation is 1. The average Bonchev–Trinajstić information content (AvgIpc) is 2.16. The highest BCUT2D eigenvalue weighted by Gasteiger charge is 2.01. The van der Waals surface area contributed by atoms with Crippen LogP contribution >= 0.6 is 11.6 Å². The van der Waals surface area contributed by atoms with Gasteiger partial charge in [0, 0.05) is 10.9 Å². The topological polar surface area (TPSA) is 45.8 Å². The Labute approximate surface area is 85.7 Å². The zero-order chi connectivity index (χ0) is 10.1. The molecule has 0 radical (unpaired) electrons. The Kier molecular flexibility index (Phi) is 2.25. The Hall–Kier alpha value is -1.35. The molecule has 0 saturated heterocycles. The molecule has 2 rings (SSSR count). The minimum Gasteiger partial charge on any atom is -0.306 e. The van der Waals surface area contributed by atoms with Gasteiger partial charge in [0.05, 0.1) is 0 Å². The minimum atomic E-state index is -0.0882. The normalized spacial score (nSPS) is 10.7. The lowest BCUT2D eigenvalue weighted by atomic mass is 10.2. The molecule has 72 valence electrons. The third-order valence-corrected chi connectivity index (χ3v) is 2.34. The highest BCUT2D eigenvalue weighted by atomic mass is 35.5. The van der Waals surface area contributed by atoms with E-state index in [9.17, 15) is 4.79 Å². The molecule has 0 unspecified atom stereocenters. The van der Waals surface area contributed by atoms with Crippen molar-refractivity contribution in [1.29, 1.82) is 0 Å². The molecular weight excluding hydrogens is 200 g/mol. The summed E-state index contributed by atoms with van der Waals surface area (Å²) in [5.74, 6) is 0. The van der Waals surface area contributed by atoms with E-state index in [1.165, 1.54) is 0 Å². The van der Waals surface area contributed by atoms with Crippen LogP contribution in [0.4, 0.5) is 0 Å². The number of H-pyrrole nitrogens is 1. The summed E-state index contributed by atoms with van der Waals surface area (Å²) in [4.78, 5) is 18.2. The van der Waals surface area contributed by atoms with Gasteiger partial charge < -0.3 is 4.98 Å². The number of fused-ring (bicyclic) bond motifs is 1. The van der Waals surface area contributed by atoms with Gasteiger partial charge in [0.2, 0.25) is 0 Å². The van der Waals surface area contributed by atoms with Crippen LogP contribution in [0.25, 0.3) is 11.0 Å². The summed E-state index contributed by atoms with van der Waals surface area (Å²) < 4.78 is 0. The maximum atomic E-state index is 11.4. The SMILES string of the molecule is CCc1cc2ccc(Cl)nc2[nH]c1=O. The Morgan fingerprint density at radius 2 is 2.29 bits per heavy atom. The summed E-state index contributed by atoms with van der Waals surface area (Å²) in [5, 5.41) is 1.29. The number of hydrogen-bond acceptors (Lipinski definition) is 2. The summed E-state index contributed by atoms with van der Waals surface area (Å²) in [6, 6.07) is 5.40. The predicted molar refractivity (Wildman–Crippen MR) is 56.8 cm³/mol. The lowest BCUT2D eigenvalue weighted by Gasteiger charge is -2.00. The summed E-state index contributed by atoms with van der Waals surface area (Å²) >= 11 is 5.71. The molecule has 0 saturated carbocycles. The van der Waals surface area contributed by atoms with Crippen molar-refractivity contribution >= 4 is 22.6 Å². The van der Waals surface area contributed by atoms with Crippen molar-refractivity contribution in [2.75, 3.05) is 0 Å².